The number of rotatable bonds is 6. The minimum Gasteiger partial charge on any atom is -0.496 e. The van der Waals surface area contributed by atoms with Gasteiger partial charge in [0.05, 0.1) is 13.7 Å². The monoisotopic (exact) mass is 459 g/mol. The Bertz CT molecular complexity index is 1330. The Labute approximate surface area is 198 Å². The molecule has 3 heterocycles. The van der Waals surface area contributed by atoms with Crippen LogP contribution in [0, 0.1) is 6.92 Å². The molecule has 0 aliphatic carbocycles. The molecule has 8 heteroatoms. The molecule has 4 aromatic rings. The number of methoxy groups -OCH3 is 1. The first-order valence-corrected chi connectivity index (χ1v) is 11.6. The Morgan fingerprint density at radius 2 is 1.97 bits per heavy atom. The number of hydrogen-bond acceptors (Lipinski definition) is 6. The highest BCUT2D eigenvalue weighted by atomic mass is 16.5. The summed E-state index contributed by atoms with van der Waals surface area (Å²) in [5.41, 5.74) is 4.22. The minimum absolute atomic E-state index is 0.0707. The molecule has 34 heavy (non-hydrogen) atoms. The van der Waals surface area contributed by atoms with E-state index >= 15 is 0 Å². The fourth-order valence-corrected chi connectivity index (χ4v) is 4.72. The highest BCUT2D eigenvalue weighted by molar-refractivity contribution is 5.97. The van der Waals surface area contributed by atoms with Crippen molar-refractivity contribution in [1.29, 1.82) is 0 Å². The molecule has 0 unspecified atom stereocenters. The fourth-order valence-electron chi connectivity index (χ4n) is 4.72. The van der Waals surface area contributed by atoms with E-state index in [2.05, 4.69) is 49.2 Å². The van der Waals surface area contributed by atoms with Gasteiger partial charge in [0.25, 0.3) is 0 Å². The third-order valence-corrected chi connectivity index (χ3v) is 6.41. The van der Waals surface area contributed by atoms with E-state index in [1.165, 1.54) is 6.92 Å². The Morgan fingerprint density at radius 3 is 2.74 bits per heavy atom. The Morgan fingerprint density at radius 1 is 1.15 bits per heavy atom. The maximum absolute atomic E-state index is 11.3. The van der Waals surface area contributed by atoms with Crippen molar-refractivity contribution < 1.29 is 13.9 Å². The zero-order valence-corrected chi connectivity index (χ0v) is 19.8. The number of aryl methyl sites for hydroxylation is 1. The van der Waals surface area contributed by atoms with E-state index in [-0.39, 0.29) is 5.91 Å². The van der Waals surface area contributed by atoms with Crippen LogP contribution in [0.3, 0.4) is 0 Å². The van der Waals surface area contributed by atoms with Crippen molar-refractivity contribution in [2.24, 2.45) is 0 Å². The molecular formula is C26H29N5O3. The summed E-state index contributed by atoms with van der Waals surface area (Å²) in [5, 5.41) is 12.5. The molecule has 2 aromatic carbocycles. The third-order valence-electron chi connectivity index (χ3n) is 6.41. The molecule has 0 saturated heterocycles. The second-order valence-electron chi connectivity index (χ2n) is 8.68. The van der Waals surface area contributed by atoms with Crippen LogP contribution < -0.4 is 10.1 Å². The highest BCUT2D eigenvalue weighted by Gasteiger charge is 2.21. The van der Waals surface area contributed by atoms with Crippen LogP contribution in [0.2, 0.25) is 0 Å². The molecule has 0 atom stereocenters. The summed E-state index contributed by atoms with van der Waals surface area (Å²) in [7, 11) is 1.72. The van der Waals surface area contributed by atoms with Gasteiger partial charge in [-0.05, 0) is 24.6 Å². The van der Waals surface area contributed by atoms with Gasteiger partial charge in [-0.3, -0.25) is 9.69 Å². The average molecular weight is 460 g/mol. The van der Waals surface area contributed by atoms with Crippen LogP contribution in [0.1, 0.15) is 29.9 Å². The van der Waals surface area contributed by atoms with Crippen LogP contribution >= 0.6 is 0 Å². The molecule has 1 aliphatic rings. The summed E-state index contributed by atoms with van der Waals surface area (Å²) in [6.07, 6.45) is 0.801. The lowest BCUT2D eigenvalue weighted by molar-refractivity contribution is -0.119. The normalized spacial score (nSPS) is 14.1. The molecule has 0 spiro atoms. The van der Waals surface area contributed by atoms with Gasteiger partial charge in [-0.15, -0.1) is 10.2 Å². The Kier molecular flexibility index (Phi) is 6.06. The number of carbonyl (C=O) groups is 1. The molecule has 1 N–H and O–H groups in total. The van der Waals surface area contributed by atoms with Crippen LogP contribution in [0.15, 0.2) is 46.9 Å². The summed E-state index contributed by atoms with van der Waals surface area (Å²) in [5.74, 6) is 3.45. The minimum atomic E-state index is -0.0707. The largest absolute Gasteiger partial charge is 0.496 e. The average Bonchev–Trinajstić information content (AvgIpc) is 3.30. The van der Waals surface area contributed by atoms with Gasteiger partial charge in [-0.1, -0.05) is 30.3 Å². The summed E-state index contributed by atoms with van der Waals surface area (Å²) in [4.78, 5) is 13.7. The van der Waals surface area contributed by atoms with Gasteiger partial charge in [-0.2, -0.15) is 0 Å². The SMILES string of the molecule is COc1cc2c(-c3ccccc3)c(C)oc2cc1CN1CCc2nnc(CNC(C)=O)n2CC1. The van der Waals surface area contributed by atoms with Crippen LogP contribution in [-0.4, -0.2) is 45.8 Å². The maximum Gasteiger partial charge on any atom is 0.217 e. The lowest BCUT2D eigenvalue weighted by atomic mass is 10.0. The van der Waals surface area contributed by atoms with Crippen molar-refractivity contribution in [1.82, 2.24) is 25.0 Å². The van der Waals surface area contributed by atoms with Gasteiger partial charge in [0, 0.05) is 56.0 Å². The van der Waals surface area contributed by atoms with E-state index in [1.54, 1.807) is 7.11 Å². The van der Waals surface area contributed by atoms with Crippen molar-refractivity contribution in [3.63, 3.8) is 0 Å². The number of furan rings is 1. The van der Waals surface area contributed by atoms with E-state index in [4.69, 9.17) is 9.15 Å². The van der Waals surface area contributed by atoms with Crippen LogP contribution in [0.4, 0.5) is 0 Å². The van der Waals surface area contributed by atoms with E-state index in [0.717, 1.165) is 83.4 Å². The molecule has 0 radical (unpaired) electrons. The molecule has 0 fully saturated rings. The first kappa shape index (κ1) is 22.2. The number of carbonyl (C=O) groups excluding carboxylic acids is 1. The highest BCUT2D eigenvalue weighted by Crippen LogP contribution is 2.38. The van der Waals surface area contributed by atoms with Crippen molar-refractivity contribution in [3.8, 4) is 16.9 Å². The number of ether oxygens (including phenoxy) is 1. The first-order chi connectivity index (χ1) is 16.5. The summed E-state index contributed by atoms with van der Waals surface area (Å²) >= 11 is 0. The molecule has 8 nitrogen and oxygen atoms in total. The predicted octanol–water partition coefficient (Wildman–Crippen LogP) is 3.70. The number of nitrogens with one attached hydrogen (secondary N) is 1. The summed E-state index contributed by atoms with van der Waals surface area (Å²) in [6, 6.07) is 14.5. The van der Waals surface area contributed by atoms with Gasteiger partial charge in [0.15, 0.2) is 5.82 Å². The van der Waals surface area contributed by atoms with Gasteiger partial charge < -0.3 is 19.0 Å². The lowest BCUT2D eigenvalue weighted by Gasteiger charge is -2.21. The summed E-state index contributed by atoms with van der Waals surface area (Å²) in [6.45, 7) is 7.16. The number of amides is 1. The van der Waals surface area contributed by atoms with Crippen LogP contribution in [0.5, 0.6) is 5.75 Å². The molecular weight excluding hydrogens is 430 g/mol. The Balaban J connectivity index is 1.38. The van der Waals surface area contributed by atoms with Crippen LogP contribution in [-0.2, 0) is 30.8 Å². The van der Waals surface area contributed by atoms with Crippen molar-refractivity contribution >= 4 is 16.9 Å². The molecule has 0 saturated carbocycles. The summed E-state index contributed by atoms with van der Waals surface area (Å²) < 4.78 is 14.1. The zero-order chi connectivity index (χ0) is 23.7. The van der Waals surface area contributed by atoms with Gasteiger partial charge in [0.1, 0.15) is 22.9 Å². The first-order valence-electron chi connectivity index (χ1n) is 11.6. The van der Waals surface area contributed by atoms with Gasteiger partial charge in [0.2, 0.25) is 5.91 Å². The maximum atomic E-state index is 11.3. The quantitative estimate of drug-likeness (QED) is 0.473. The Hall–Kier alpha value is -3.65. The van der Waals surface area contributed by atoms with Crippen molar-refractivity contribution in [3.05, 3.63) is 65.4 Å². The van der Waals surface area contributed by atoms with Gasteiger partial charge >= 0.3 is 0 Å². The second kappa shape index (κ2) is 9.30. The van der Waals surface area contributed by atoms with E-state index in [9.17, 15) is 4.79 Å². The fraction of sp³-hybridized carbons (Fsp3) is 0.346. The number of nitrogens with zero attached hydrogens (tertiary/aromatic N) is 4. The molecule has 1 aliphatic heterocycles. The number of benzene rings is 2. The lowest BCUT2D eigenvalue weighted by Crippen LogP contribution is -2.27. The topological polar surface area (TPSA) is 85.4 Å². The standard InChI is InChI=1S/C26H29N5O3/c1-17-26(19-7-5-4-6-8-19)21-14-22(33-3)20(13-23(21)34-17)16-30-10-9-24-28-29-25(15-27-18(2)32)31(24)12-11-30/h4-8,13-14H,9-12,15-16H2,1-3H3,(H,27,32). The van der Waals surface area contributed by atoms with Crippen molar-refractivity contribution in [2.45, 2.75) is 39.9 Å². The molecule has 5 rings (SSSR count). The smallest absolute Gasteiger partial charge is 0.217 e. The van der Waals surface area contributed by atoms with Crippen molar-refractivity contribution in [2.75, 3.05) is 20.2 Å². The van der Waals surface area contributed by atoms with E-state index in [1.807, 2.05) is 25.1 Å². The predicted molar refractivity (Wildman–Crippen MR) is 129 cm³/mol. The van der Waals surface area contributed by atoms with E-state index in [0.29, 0.717) is 6.54 Å². The molecule has 0 bridgehead atoms. The molecule has 176 valence electrons. The molecule has 1 amide bonds. The number of hydrogen-bond donors (Lipinski definition) is 1. The van der Waals surface area contributed by atoms with Gasteiger partial charge in [-0.25, -0.2) is 0 Å². The zero-order valence-electron chi connectivity index (χ0n) is 19.8. The number of aromatic nitrogens is 3. The second-order valence-corrected chi connectivity index (χ2v) is 8.68. The van der Waals surface area contributed by atoms with Crippen LogP contribution in [0.25, 0.3) is 22.1 Å². The number of fused-ring (bicyclic) bond motifs is 2. The van der Waals surface area contributed by atoms with E-state index < -0.39 is 0 Å². The molecule has 2 aromatic heterocycles. The third kappa shape index (κ3) is 4.28.